The predicted molar refractivity (Wildman–Crippen MR) is 52.5 cm³/mol. The zero-order valence-corrected chi connectivity index (χ0v) is 8.91. The highest BCUT2D eigenvalue weighted by Crippen LogP contribution is 2.20. The summed E-state index contributed by atoms with van der Waals surface area (Å²) in [5.74, 6) is -0.294. The third-order valence-electron chi connectivity index (χ3n) is 2.54. The highest BCUT2D eigenvalue weighted by atomic mass is 16.5. The number of nitrogens with one attached hydrogen (secondary N) is 1. The molecule has 0 aliphatic carbocycles. The fourth-order valence-electron chi connectivity index (χ4n) is 1.59. The Morgan fingerprint density at radius 3 is 2.25 bits per heavy atom. The molecule has 1 aliphatic heterocycles. The van der Waals surface area contributed by atoms with Crippen molar-refractivity contribution in [1.82, 2.24) is 5.32 Å². The molecule has 94 valence electrons. The molecule has 0 spiro atoms. The molecule has 0 aromatic heterocycles. The minimum absolute atomic E-state index is 0.0107. The number of hydrogen-bond acceptors (Lipinski definition) is 6. The molecule has 7 heteroatoms. The number of aliphatic hydroxyl groups excluding tert-OH is 4. The van der Waals surface area contributed by atoms with Crippen molar-refractivity contribution in [2.24, 2.45) is 0 Å². The van der Waals surface area contributed by atoms with Crippen LogP contribution in [-0.4, -0.2) is 70.0 Å². The number of rotatable bonds is 3. The SMILES string of the molecule is CC(=O)NC[C@@H]1O[C@H](CO)[C@@H](O)[C@H](O)[C@@H]1O. The summed E-state index contributed by atoms with van der Waals surface area (Å²) < 4.78 is 5.16. The van der Waals surface area contributed by atoms with Gasteiger partial charge in [0.2, 0.25) is 5.91 Å². The summed E-state index contributed by atoms with van der Waals surface area (Å²) in [5.41, 5.74) is 0. The van der Waals surface area contributed by atoms with Crippen molar-refractivity contribution in [1.29, 1.82) is 0 Å². The van der Waals surface area contributed by atoms with Gasteiger partial charge in [0, 0.05) is 13.5 Å². The molecule has 0 unspecified atom stereocenters. The van der Waals surface area contributed by atoms with Gasteiger partial charge < -0.3 is 30.5 Å². The monoisotopic (exact) mass is 235 g/mol. The van der Waals surface area contributed by atoms with Gasteiger partial charge in [0.1, 0.15) is 30.5 Å². The fraction of sp³-hybridized carbons (Fsp3) is 0.889. The summed E-state index contributed by atoms with van der Waals surface area (Å²) in [5, 5.41) is 39.8. The maximum absolute atomic E-state index is 10.7. The Balaban J connectivity index is 2.60. The van der Waals surface area contributed by atoms with E-state index < -0.39 is 37.1 Å². The number of carbonyl (C=O) groups excluding carboxylic acids is 1. The molecule has 1 saturated heterocycles. The van der Waals surface area contributed by atoms with Gasteiger partial charge in [0.15, 0.2) is 0 Å². The first kappa shape index (κ1) is 13.3. The number of carbonyl (C=O) groups is 1. The standard InChI is InChI=1S/C9H17NO6/c1-4(12)10-2-5-7(13)9(15)8(14)6(3-11)16-5/h5-9,11,13-15H,2-3H2,1H3,(H,10,12)/t5-,6+,7+,8+,9+/m0/s1. The van der Waals surface area contributed by atoms with Crippen LogP contribution in [0.2, 0.25) is 0 Å². The molecule has 1 fully saturated rings. The first-order chi connectivity index (χ1) is 7.47. The normalized spacial score (nSPS) is 39.4. The van der Waals surface area contributed by atoms with Gasteiger partial charge in [0.05, 0.1) is 6.61 Å². The average Bonchev–Trinajstić information content (AvgIpc) is 2.25. The molecule has 0 bridgehead atoms. The molecule has 0 saturated carbocycles. The third kappa shape index (κ3) is 2.89. The maximum atomic E-state index is 10.7. The van der Waals surface area contributed by atoms with E-state index >= 15 is 0 Å². The summed E-state index contributed by atoms with van der Waals surface area (Å²) in [6.07, 6.45) is -5.85. The van der Waals surface area contributed by atoms with Crippen molar-refractivity contribution in [3.63, 3.8) is 0 Å². The van der Waals surface area contributed by atoms with Gasteiger partial charge in [-0.25, -0.2) is 0 Å². The Hall–Kier alpha value is -0.730. The number of ether oxygens (including phenoxy) is 1. The van der Waals surface area contributed by atoms with Crippen LogP contribution in [0.3, 0.4) is 0 Å². The first-order valence-electron chi connectivity index (χ1n) is 5.02. The van der Waals surface area contributed by atoms with Crippen LogP contribution in [-0.2, 0) is 9.53 Å². The van der Waals surface area contributed by atoms with E-state index in [9.17, 15) is 20.1 Å². The van der Waals surface area contributed by atoms with Gasteiger partial charge in [-0.15, -0.1) is 0 Å². The smallest absolute Gasteiger partial charge is 0.216 e. The van der Waals surface area contributed by atoms with Crippen molar-refractivity contribution >= 4 is 5.91 Å². The highest BCUT2D eigenvalue weighted by molar-refractivity contribution is 5.72. The average molecular weight is 235 g/mol. The van der Waals surface area contributed by atoms with E-state index in [4.69, 9.17) is 9.84 Å². The van der Waals surface area contributed by atoms with Crippen molar-refractivity contribution in [2.45, 2.75) is 37.4 Å². The van der Waals surface area contributed by atoms with Gasteiger partial charge >= 0.3 is 0 Å². The number of hydrogen-bond donors (Lipinski definition) is 5. The van der Waals surface area contributed by atoms with E-state index in [1.807, 2.05) is 0 Å². The van der Waals surface area contributed by atoms with Crippen LogP contribution in [0.1, 0.15) is 6.92 Å². The lowest BCUT2D eigenvalue weighted by Gasteiger charge is -2.40. The Kier molecular flexibility index (Phi) is 4.63. The van der Waals surface area contributed by atoms with Gasteiger partial charge in [-0.1, -0.05) is 0 Å². The minimum atomic E-state index is -1.40. The van der Waals surface area contributed by atoms with Crippen LogP contribution in [0, 0.1) is 0 Å². The van der Waals surface area contributed by atoms with Gasteiger partial charge in [-0.2, -0.15) is 0 Å². The summed E-state index contributed by atoms with van der Waals surface area (Å²) in [6, 6.07) is 0. The van der Waals surface area contributed by atoms with Gasteiger partial charge in [-0.3, -0.25) is 4.79 Å². The Bertz CT molecular complexity index is 246. The van der Waals surface area contributed by atoms with E-state index in [0.29, 0.717) is 0 Å². The molecule has 0 aromatic rings. The van der Waals surface area contributed by atoms with Gasteiger partial charge in [-0.05, 0) is 0 Å². The van der Waals surface area contributed by atoms with E-state index in [0.717, 1.165) is 0 Å². The second kappa shape index (κ2) is 5.55. The number of aliphatic hydroxyl groups is 4. The Morgan fingerprint density at radius 1 is 1.19 bits per heavy atom. The maximum Gasteiger partial charge on any atom is 0.216 e. The number of amides is 1. The highest BCUT2D eigenvalue weighted by Gasteiger charge is 2.43. The second-order valence-corrected chi connectivity index (χ2v) is 3.80. The van der Waals surface area contributed by atoms with E-state index in [1.54, 1.807) is 0 Å². The van der Waals surface area contributed by atoms with Crippen LogP contribution in [0.25, 0.3) is 0 Å². The van der Waals surface area contributed by atoms with Crippen LogP contribution in [0.15, 0.2) is 0 Å². The Morgan fingerprint density at radius 2 is 1.75 bits per heavy atom. The second-order valence-electron chi connectivity index (χ2n) is 3.80. The molecule has 0 aromatic carbocycles. The molecule has 1 rings (SSSR count). The quantitative estimate of drug-likeness (QED) is 0.355. The molecule has 16 heavy (non-hydrogen) atoms. The fourth-order valence-corrected chi connectivity index (χ4v) is 1.59. The predicted octanol–water partition coefficient (Wildman–Crippen LogP) is -3.04. The first-order valence-corrected chi connectivity index (χ1v) is 5.02. The summed E-state index contributed by atoms with van der Waals surface area (Å²) >= 11 is 0. The topological polar surface area (TPSA) is 119 Å². The molecule has 0 radical (unpaired) electrons. The largest absolute Gasteiger partial charge is 0.394 e. The zero-order chi connectivity index (χ0) is 12.3. The van der Waals surface area contributed by atoms with Crippen LogP contribution in [0.5, 0.6) is 0 Å². The molecule has 1 amide bonds. The van der Waals surface area contributed by atoms with Crippen molar-refractivity contribution < 1.29 is 30.0 Å². The van der Waals surface area contributed by atoms with E-state index in [-0.39, 0.29) is 12.5 Å². The summed E-state index contributed by atoms with van der Waals surface area (Å²) in [7, 11) is 0. The summed E-state index contributed by atoms with van der Waals surface area (Å²) in [4.78, 5) is 10.7. The Labute approximate surface area is 92.7 Å². The lowest BCUT2D eigenvalue weighted by molar-refractivity contribution is -0.227. The van der Waals surface area contributed by atoms with Crippen LogP contribution < -0.4 is 5.32 Å². The molecular formula is C9H17NO6. The van der Waals surface area contributed by atoms with Crippen molar-refractivity contribution in [3.05, 3.63) is 0 Å². The molecule has 1 aliphatic rings. The minimum Gasteiger partial charge on any atom is -0.394 e. The molecule has 7 nitrogen and oxygen atoms in total. The molecule has 5 atom stereocenters. The lowest BCUT2D eigenvalue weighted by Crippen LogP contribution is -2.60. The third-order valence-corrected chi connectivity index (χ3v) is 2.54. The van der Waals surface area contributed by atoms with Crippen LogP contribution in [0.4, 0.5) is 0 Å². The summed E-state index contributed by atoms with van der Waals surface area (Å²) in [6.45, 7) is 0.850. The zero-order valence-electron chi connectivity index (χ0n) is 8.91. The van der Waals surface area contributed by atoms with Crippen LogP contribution >= 0.6 is 0 Å². The molecular weight excluding hydrogens is 218 g/mol. The van der Waals surface area contributed by atoms with E-state index in [2.05, 4.69) is 5.32 Å². The lowest BCUT2D eigenvalue weighted by atomic mass is 9.95. The molecule has 1 heterocycles. The van der Waals surface area contributed by atoms with Crippen molar-refractivity contribution in [2.75, 3.05) is 13.2 Å². The van der Waals surface area contributed by atoms with Crippen molar-refractivity contribution in [3.8, 4) is 0 Å². The van der Waals surface area contributed by atoms with Gasteiger partial charge in [0.25, 0.3) is 0 Å². The van der Waals surface area contributed by atoms with E-state index in [1.165, 1.54) is 6.92 Å². The molecule has 5 N–H and O–H groups in total.